The summed E-state index contributed by atoms with van der Waals surface area (Å²) in [5.41, 5.74) is -8.61. The summed E-state index contributed by atoms with van der Waals surface area (Å²) in [6.07, 6.45) is -4.15. The highest BCUT2D eigenvalue weighted by Crippen LogP contribution is 2.33. The summed E-state index contributed by atoms with van der Waals surface area (Å²) < 4.78 is 0. The molecule has 0 spiro atoms. The lowest BCUT2D eigenvalue weighted by Gasteiger charge is -2.40. The number of benzene rings is 2. The molecular formula is C24H22O14. The van der Waals surface area contributed by atoms with E-state index in [0.717, 1.165) is 48.6 Å². The van der Waals surface area contributed by atoms with E-state index in [9.17, 15) is 65.1 Å². The Morgan fingerprint density at radius 3 is 1.47 bits per heavy atom. The highest BCUT2D eigenvalue weighted by atomic mass is 16.5. The molecule has 202 valence electrons. The Hall–Kier alpha value is -4.76. The Bertz CT molecular complexity index is 1330. The van der Waals surface area contributed by atoms with E-state index in [0.29, 0.717) is 12.2 Å². The zero-order valence-electron chi connectivity index (χ0n) is 19.0. The van der Waals surface area contributed by atoms with Gasteiger partial charge in [-0.15, -0.1) is 0 Å². The van der Waals surface area contributed by atoms with Gasteiger partial charge in [-0.25, -0.2) is 9.59 Å². The highest BCUT2D eigenvalue weighted by Gasteiger charge is 2.68. The van der Waals surface area contributed by atoms with Gasteiger partial charge in [0.05, 0.1) is 0 Å². The first-order valence-electron chi connectivity index (χ1n) is 10.3. The van der Waals surface area contributed by atoms with Gasteiger partial charge in [0.25, 0.3) is 5.60 Å². The molecule has 0 aliphatic rings. The van der Waals surface area contributed by atoms with E-state index in [4.69, 9.17) is 5.11 Å². The van der Waals surface area contributed by atoms with Crippen molar-refractivity contribution in [2.24, 2.45) is 0 Å². The summed E-state index contributed by atoms with van der Waals surface area (Å²) in [6.45, 7) is 0. The van der Waals surface area contributed by atoms with Crippen molar-refractivity contribution >= 4 is 35.7 Å². The maximum atomic E-state index is 13.0. The van der Waals surface area contributed by atoms with E-state index >= 15 is 0 Å². The van der Waals surface area contributed by atoms with Crippen molar-refractivity contribution < 1.29 is 70.2 Å². The Labute approximate surface area is 212 Å². The number of carbonyl (C=O) groups excluding carboxylic acids is 2. The van der Waals surface area contributed by atoms with E-state index in [1.807, 2.05) is 0 Å². The number of aliphatic hydroxyl groups is 4. The van der Waals surface area contributed by atoms with Gasteiger partial charge >= 0.3 is 11.9 Å². The SMILES string of the molecule is O=C(O)[C@@H](O)[C@@H](O)[C@@](O)(C(=O)/C=C/c1ccc(O)c(O)c1)[C@@](O)(C(=O)O)C(=O)/C=C/c1ccc(O)c(O)c1. The van der Waals surface area contributed by atoms with Crippen molar-refractivity contribution in [3.8, 4) is 23.0 Å². The van der Waals surface area contributed by atoms with Crippen LogP contribution in [0.15, 0.2) is 48.6 Å². The molecule has 0 aromatic heterocycles. The molecule has 2 aromatic carbocycles. The van der Waals surface area contributed by atoms with Crippen molar-refractivity contribution in [1.29, 1.82) is 0 Å². The van der Waals surface area contributed by atoms with Crippen LogP contribution >= 0.6 is 0 Å². The number of aliphatic carboxylic acids is 2. The lowest BCUT2D eigenvalue weighted by molar-refractivity contribution is -0.222. The fraction of sp³-hybridized carbons (Fsp3) is 0.167. The number of hydrogen-bond acceptors (Lipinski definition) is 12. The molecular weight excluding hydrogens is 512 g/mol. The first kappa shape index (κ1) is 29.5. The number of phenolic OH excluding ortho intramolecular Hbond substituents is 4. The maximum Gasteiger partial charge on any atom is 0.347 e. The van der Waals surface area contributed by atoms with Crippen LogP contribution in [0, 0.1) is 0 Å². The van der Waals surface area contributed by atoms with E-state index in [1.54, 1.807) is 0 Å². The molecule has 0 aliphatic heterocycles. The fourth-order valence-electron chi connectivity index (χ4n) is 3.24. The van der Waals surface area contributed by atoms with Crippen molar-refractivity contribution in [2.75, 3.05) is 0 Å². The number of aromatic hydroxyl groups is 4. The van der Waals surface area contributed by atoms with Crippen molar-refractivity contribution in [3.05, 3.63) is 59.7 Å². The van der Waals surface area contributed by atoms with Crippen molar-refractivity contribution in [1.82, 2.24) is 0 Å². The molecule has 0 saturated carbocycles. The average Bonchev–Trinajstić information content (AvgIpc) is 2.87. The molecule has 0 unspecified atom stereocenters. The number of phenols is 4. The van der Waals surface area contributed by atoms with Crippen LogP contribution in [-0.4, -0.2) is 98.0 Å². The van der Waals surface area contributed by atoms with Crippen LogP contribution in [0.3, 0.4) is 0 Å². The largest absolute Gasteiger partial charge is 0.504 e. The number of carboxylic acid groups (broad SMARTS) is 2. The molecule has 0 radical (unpaired) electrons. The molecule has 10 N–H and O–H groups in total. The molecule has 0 amide bonds. The third-order valence-electron chi connectivity index (χ3n) is 5.43. The molecule has 14 heteroatoms. The van der Waals surface area contributed by atoms with E-state index in [2.05, 4.69) is 0 Å². The first-order valence-corrected chi connectivity index (χ1v) is 10.3. The second kappa shape index (κ2) is 11.1. The lowest BCUT2D eigenvalue weighted by atomic mass is 9.71. The van der Waals surface area contributed by atoms with Crippen LogP contribution in [0.2, 0.25) is 0 Å². The molecule has 2 aromatic rings. The average molecular weight is 534 g/mol. The Morgan fingerprint density at radius 1 is 0.684 bits per heavy atom. The van der Waals surface area contributed by atoms with Gasteiger partial charge in [0.15, 0.2) is 34.9 Å². The topological polar surface area (TPSA) is 271 Å². The number of carbonyl (C=O) groups is 4. The summed E-state index contributed by atoms with van der Waals surface area (Å²) in [7, 11) is 0. The fourth-order valence-corrected chi connectivity index (χ4v) is 3.24. The standard InChI is InChI=1S/C24H22O14/c25-13-5-1-11(9-15(13)27)3-7-17(29)23(37,20(32)19(31)21(33)34)24(38,22(35)36)18(30)8-4-12-2-6-14(26)16(28)10-12/h1-10,19-20,25-28,31-32,37-38H,(H,33,34)(H,35,36)/b7-3+,8-4+/t19-,20+,23-,24-/m0/s1. The summed E-state index contributed by atoms with van der Waals surface area (Å²) >= 11 is 0. The van der Waals surface area contributed by atoms with Gasteiger partial charge in [0, 0.05) is 0 Å². The number of carboxylic acids is 2. The first-order chi connectivity index (χ1) is 17.6. The molecule has 0 saturated heterocycles. The maximum absolute atomic E-state index is 13.0. The Kier molecular flexibility index (Phi) is 8.61. The molecule has 0 heterocycles. The second-order valence-corrected chi connectivity index (χ2v) is 7.90. The summed E-state index contributed by atoms with van der Waals surface area (Å²) in [4.78, 5) is 49.2. The Morgan fingerprint density at radius 2 is 1.11 bits per heavy atom. The lowest BCUT2D eigenvalue weighted by Crippen LogP contribution is -2.74. The van der Waals surface area contributed by atoms with Gasteiger partial charge in [-0.1, -0.05) is 24.3 Å². The van der Waals surface area contributed by atoms with E-state index in [-0.39, 0.29) is 11.1 Å². The smallest absolute Gasteiger partial charge is 0.347 e. The quantitative estimate of drug-likeness (QED) is 0.0914. The van der Waals surface area contributed by atoms with Crippen LogP contribution in [0.1, 0.15) is 11.1 Å². The van der Waals surface area contributed by atoms with Gasteiger partial charge in [-0.05, 0) is 47.5 Å². The minimum atomic E-state index is -4.29. The summed E-state index contributed by atoms with van der Waals surface area (Å²) in [5.74, 6) is -11.2. The summed E-state index contributed by atoms with van der Waals surface area (Å²) in [6, 6.07) is 6.05. The third kappa shape index (κ3) is 5.47. The van der Waals surface area contributed by atoms with Crippen LogP contribution in [0.5, 0.6) is 23.0 Å². The van der Waals surface area contributed by atoms with Crippen LogP contribution in [0.4, 0.5) is 0 Å². The minimum absolute atomic E-state index is 0.0468. The second-order valence-electron chi connectivity index (χ2n) is 7.90. The predicted molar refractivity (Wildman–Crippen MR) is 125 cm³/mol. The van der Waals surface area contributed by atoms with E-state index in [1.165, 1.54) is 0 Å². The number of rotatable bonds is 11. The van der Waals surface area contributed by atoms with E-state index < -0.39 is 69.9 Å². The van der Waals surface area contributed by atoms with Crippen LogP contribution < -0.4 is 0 Å². The minimum Gasteiger partial charge on any atom is -0.504 e. The summed E-state index contributed by atoms with van der Waals surface area (Å²) in [5, 5.41) is 98.6. The monoisotopic (exact) mass is 534 g/mol. The normalized spacial score (nSPS) is 16.4. The van der Waals surface area contributed by atoms with Gasteiger partial charge in [0.2, 0.25) is 11.4 Å². The van der Waals surface area contributed by atoms with Crippen molar-refractivity contribution in [2.45, 2.75) is 23.4 Å². The van der Waals surface area contributed by atoms with Gasteiger partial charge in [0.1, 0.15) is 6.10 Å². The number of hydrogen-bond donors (Lipinski definition) is 10. The highest BCUT2D eigenvalue weighted by molar-refractivity contribution is 6.20. The van der Waals surface area contributed by atoms with Crippen LogP contribution in [0.25, 0.3) is 12.2 Å². The predicted octanol–water partition coefficient (Wildman–Crippen LogP) is -1.27. The van der Waals surface area contributed by atoms with Gasteiger partial charge in [-0.2, -0.15) is 0 Å². The molecule has 2 rings (SSSR count). The molecule has 0 aliphatic carbocycles. The van der Waals surface area contributed by atoms with Crippen molar-refractivity contribution in [3.63, 3.8) is 0 Å². The zero-order valence-corrected chi connectivity index (χ0v) is 19.0. The number of ketones is 2. The molecule has 4 atom stereocenters. The zero-order chi connectivity index (χ0) is 29.0. The van der Waals surface area contributed by atoms with Gasteiger partial charge in [-0.3, -0.25) is 9.59 Å². The molecule has 38 heavy (non-hydrogen) atoms. The number of aliphatic hydroxyl groups excluding tert-OH is 2. The van der Waals surface area contributed by atoms with Crippen LogP contribution in [-0.2, 0) is 19.2 Å². The Balaban J connectivity index is 2.64. The molecule has 0 bridgehead atoms. The molecule has 14 nitrogen and oxygen atoms in total. The third-order valence-corrected chi connectivity index (χ3v) is 5.43. The van der Waals surface area contributed by atoms with Gasteiger partial charge < -0.3 is 51.1 Å². The molecule has 0 fully saturated rings.